The number of piperidine rings is 1. The lowest BCUT2D eigenvalue weighted by Gasteiger charge is -2.34. The van der Waals surface area contributed by atoms with E-state index >= 15 is 0 Å². The molecule has 21 heavy (non-hydrogen) atoms. The van der Waals surface area contributed by atoms with Crippen molar-refractivity contribution in [3.8, 4) is 5.75 Å². The van der Waals surface area contributed by atoms with Gasteiger partial charge in [0, 0.05) is 19.1 Å². The number of para-hydroxylation sites is 1. The van der Waals surface area contributed by atoms with Gasteiger partial charge in [0.15, 0.2) is 5.75 Å². The van der Waals surface area contributed by atoms with E-state index < -0.39 is 0 Å². The molecule has 1 saturated heterocycles. The molecule has 1 heterocycles. The highest BCUT2D eigenvalue weighted by molar-refractivity contribution is 6.37. The quantitative estimate of drug-likeness (QED) is 0.873. The lowest BCUT2D eigenvalue weighted by atomic mass is 9.92. The van der Waals surface area contributed by atoms with Crippen LogP contribution in [-0.4, -0.2) is 37.2 Å². The fourth-order valence-electron chi connectivity index (χ4n) is 2.62. The monoisotopic (exact) mass is 352 g/mol. The summed E-state index contributed by atoms with van der Waals surface area (Å²) in [5, 5.41) is 1.12. The van der Waals surface area contributed by atoms with Crippen LogP contribution in [0, 0.1) is 5.92 Å². The third kappa shape index (κ3) is 5.50. The van der Waals surface area contributed by atoms with Crippen molar-refractivity contribution >= 4 is 35.6 Å². The van der Waals surface area contributed by atoms with Crippen molar-refractivity contribution in [2.45, 2.75) is 25.8 Å². The zero-order valence-corrected chi connectivity index (χ0v) is 14.6. The molecular formula is C15H23Cl3N2O. The number of benzene rings is 1. The topological polar surface area (TPSA) is 38.5 Å². The van der Waals surface area contributed by atoms with E-state index in [4.69, 9.17) is 33.7 Å². The third-order valence-electron chi connectivity index (χ3n) is 3.86. The molecule has 6 heteroatoms. The molecule has 120 valence electrons. The van der Waals surface area contributed by atoms with Crippen LogP contribution < -0.4 is 10.5 Å². The minimum atomic E-state index is 0. The molecule has 1 fully saturated rings. The molecule has 2 atom stereocenters. The highest BCUT2D eigenvalue weighted by atomic mass is 35.5. The van der Waals surface area contributed by atoms with Gasteiger partial charge in [0.25, 0.3) is 0 Å². The number of halogens is 3. The van der Waals surface area contributed by atoms with E-state index in [1.54, 1.807) is 12.1 Å². The average molecular weight is 354 g/mol. The Hall–Kier alpha value is -0.190. The Bertz CT molecular complexity index is 423. The number of likely N-dealkylation sites (tertiary alicyclic amines) is 1. The van der Waals surface area contributed by atoms with Gasteiger partial charge in [0.05, 0.1) is 10.0 Å². The van der Waals surface area contributed by atoms with Gasteiger partial charge >= 0.3 is 0 Å². The van der Waals surface area contributed by atoms with E-state index in [0.29, 0.717) is 28.3 Å². The molecule has 0 spiro atoms. The van der Waals surface area contributed by atoms with Crippen LogP contribution in [-0.2, 0) is 0 Å². The second-order valence-corrected chi connectivity index (χ2v) is 6.28. The fourth-order valence-corrected chi connectivity index (χ4v) is 3.13. The first kappa shape index (κ1) is 18.9. The molecule has 0 radical (unpaired) electrons. The summed E-state index contributed by atoms with van der Waals surface area (Å²) in [5.74, 6) is 1.17. The van der Waals surface area contributed by atoms with Gasteiger partial charge < -0.3 is 10.5 Å². The van der Waals surface area contributed by atoms with Crippen LogP contribution in [0.25, 0.3) is 0 Å². The van der Waals surface area contributed by atoms with Crippen LogP contribution in [0.5, 0.6) is 5.75 Å². The molecule has 1 aliphatic rings. The van der Waals surface area contributed by atoms with Gasteiger partial charge in [-0.1, -0.05) is 29.3 Å². The number of hydrogen-bond acceptors (Lipinski definition) is 3. The summed E-state index contributed by atoms with van der Waals surface area (Å²) in [7, 11) is 0. The van der Waals surface area contributed by atoms with E-state index in [1.165, 1.54) is 12.8 Å². The van der Waals surface area contributed by atoms with Crippen LogP contribution in [0.4, 0.5) is 0 Å². The molecule has 1 aliphatic heterocycles. The lowest BCUT2D eigenvalue weighted by Crippen LogP contribution is -2.43. The number of hydrogen-bond donors (Lipinski definition) is 1. The molecule has 2 rings (SSSR count). The summed E-state index contributed by atoms with van der Waals surface area (Å²) in [6.45, 7) is 5.73. The van der Waals surface area contributed by atoms with Crippen molar-refractivity contribution in [1.29, 1.82) is 0 Å². The Morgan fingerprint density at radius 2 is 2.05 bits per heavy atom. The minimum absolute atomic E-state index is 0. The first-order chi connectivity index (χ1) is 9.58. The Kier molecular flexibility index (Phi) is 8.14. The third-order valence-corrected chi connectivity index (χ3v) is 4.45. The zero-order valence-electron chi connectivity index (χ0n) is 12.2. The van der Waals surface area contributed by atoms with Crippen molar-refractivity contribution < 1.29 is 4.74 Å². The van der Waals surface area contributed by atoms with E-state index in [0.717, 1.165) is 19.6 Å². The highest BCUT2D eigenvalue weighted by Gasteiger charge is 2.22. The molecule has 2 unspecified atom stereocenters. The van der Waals surface area contributed by atoms with Gasteiger partial charge in [-0.05, 0) is 44.4 Å². The van der Waals surface area contributed by atoms with Crippen molar-refractivity contribution in [1.82, 2.24) is 4.90 Å². The maximum atomic E-state index is 6.08. The molecule has 3 nitrogen and oxygen atoms in total. The highest BCUT2D eigenvalue weighted by Crippen LogP contribution is 2.32. The first-order valence-corrected chi connectivity index (χ1v) is 7.88. The largest absolute Gasteiger partial charge is 0.489 e. The lowest BCUT2D eigenvalue weighted by molar-refractivity contribution is 0.137. The fraction of sp³-hybridized carbons (Fsp3) is 0.600. The van der Waals surface area contributed by atoms with Crippen molar-refractivity contribution in [2.75, 3.05) is 26.2 Å². The van der Waals surface area contributed by atoms with Gasteiger partial charge in [-0.2, -0.15) is 0 Å². The Morgan fingerprint density at radius 3 is 2.67 bits per heavy atom. The maximum absolute atomic E-state index is 6.08. The molecule has 0 amide bonds. The summed E-state index contributed by atoms with van der Waals surface area (Å²) in [5.41, 5.74) is 6.00. The van der Waals surface area contributed by atoms with Crippen LogP contribution in [0.15, 0.2) is 18.2 Å². The normalized spacial score (nSPS) is 20.7. The van der Waals surface area contributed by atoms with Gasteiger partial charge in [-0.3, -0.25) is 4.90 Å². The molecule has 0 saturated carbocycles. The molecule has 2 N–H and O–H groups in total. The Labute approximate surface area is 143 Å². The summed E-state index contributed by atoms with van der Waals surface area (Å²) in [6, 6.07) is 5.65. The maximum Gasteiger partial charge on any atom is 0.156 e. The first-order valence-electron chi connectivity index (χ1n) is 7.12. The number of ether oxygens (including phenoxy) is 1. The van der Waals surface area contributed by atoms with Crippen LogP contribution in [0.1, 0.15) is 19.8 Å². The molecule has 0 aliphatic carbocycles. The summed E-state index contributed by atoms with van der Waals surface area (Å²) in [6.07, 6.45) is 2.43. The number of nitrogens with zero attached hydrogens (tertiary/aromatic N) is 1. The molecule has 1 aromatic carbocycles. The summed E-state index contributed by atoms with van der Waals surface area (Å²) >= 11 is 12.2. The average Bonchev–Trinajstić information content (AvgIpc) is 2.42. The predicted octanol–water partition coefficient (Wildman–Crippen LogP) is 3.85. The standard InChI is InChI=1S/C15H22Cl2N2O.ClH/c1-11(18)12-4-3-7-19(10-12)8-9-20-15-13(16)5-2-6-14(15)17;/h2,5-6,11-12H,3-4,7-10,18H2,1H3;1H. The summed E-state index contributed by atoms with van der Waals surface area (Å²) < 4.78 is 5.73. The van der Waals surface area contributed by atoms with Crippen molar-refractivity contribution in [3.63, 3.8) is 0 Å². The van der Waals surface area contributed by atoms with E-state index in [1.807, 2.05) is 6.07 Å². The van der Waals surface area contributed by atoms with Crippen LogP contribution >= 0.6 is 35.6 Å². The minimum Gasteiger partial charge on any atom is -0.489 e. The molecule has 1 aromatic rings. The van der Waals surface area contributed by atoms with Gasteiger partial charge in [-0.25, -0.2) is 0 Å². The SMILES string of the molecule is CC(N)C1CCCN(CCOc2c(Cl)cccc2Cl)C1.Cl. The molecule has 0 bridgehead atoms. The van der Waals surface area contributed by atoms with Crippen LogP contribution in [0.2, 0.25) is 10.0 Å². The predicted molar refractivity (Wildman–Crippen MR) is 92.0 cm³/mol. The second kappa shape index (κ2) is 9.06. The smallest absolute Gasteiger partial charge is 0.156 e. The van der Waals surface area contributed by atoms with E-state index in [-0.39, 0.29) is 18.4 Å². The van der Waals surface area contributed by atoms with Gasteiger partial charge in [-0.15, -0.1) is 12.4 Å². The molecular weight excluding hydrogens is 331 g/mol. The molecule has 0 aromatic heterocycles. The van der Waals surface area contributed by atoms with Crippen LogP contribution in [0.3, 0.4) is 0 Å². The number of nitrogens with two attached hydrogens (primary N) is 1. The van der Waals surface area contributed by atoms with Crippen molar-refractivity contribution in [2.24, 2.45) is 11.7 Å². The Balaban J connectivity index is 0.00000220. The van der Waals surface area contributed by atoms with Gasteiger partial charge in [0.2, 0.25) is 0 Å². The number of rotatable bonds is 5. The van der Waals surface area contributed by atoms with E-state index in [2.05, 4.69) is 11.8 Å². The van der Waals surface area contributed by atoms with Crippen molar-refractivity contribution in [3.05, 3.63) is 28.2 Å². The Morgan fingerprint density at radius 1 is 1.38 bits per heavy atom. The zero-order chi connectivity index (χ0) is 14.5. The second-order valence-electron chi connectivity index (χ2n) is 5.46. The summed E-state index contributed by atoms with van der Waals surface area (Å²) in [4.78, 5) is 2.41. The van der Waals surface area contributed by atoms with Gasteiger partial charge in [0.1, 0.15) is 6.61 Å². The van der Waals surface area contributed by atoms with E-state index in [9.17, 15) is 0 Å².